The lowest BCUT2D eigenvalue weighted by Crippen LogP contribution is -2.21. The largest absolute Gasteiger partial charge is 0.399 e. The highest BCUT2D eigenvalue weighted by molar-refractivity contribution is 5.40. The summed E-state index contributed by atoms with van der Waals surface area (Å²) >= 11 is 0. The minimum absolute atomic E-state index is 0.0577. The van der Waals surface area contributed by atoms with Crippen LogP contribution in [-0.2, 0) is 6.54 Å². The number of rotatable bonds is 4. The van der Waals surface area contributed by atoms with Gasteiger partial charge in [0.25, 0.3) is 0 Å². The van der Waals surface area contributed by atoms with Gasteiger partial charge in [0.15, 0.2) is 0 Å². The molecule has 0 aliphatic carbocycles. The highest BCUT2D eigenvalue weighted by atomic mass is 19.4. The molecule has 1 aromatic carbocycles. The summed E-state index contributed by atoms with van der Waals surface area (Å²) in [6.07, 6.45) is -5.11. The van der Waals surface area contributed by atoms with Crippen molar-refractivity contribution in [2.45, 2.75) is 19.1 Å². The molecule has 0 saturated carbocycles. The number of nitrogen functional groups attached to an aromatic ring is 1. The van der Waals surface area contributed by atoms with Gasteiger partial charge in [-0.1, -0.05) is 6.07 Å². The predicted octanol–water partition coefficient (Wildman–Crippen LogP) is 2.45. The molecule has 1 rings (SSSR count). The summed E-state index contributed by atoms with van der Waals surface area (Å²) in [5.41, 5.74) is 5.92. The third-order valence-electron chi connectivity index (χ3n) is 1.98. The zero-order chi connectivity index (χ0) is 12.2. The summed E-state index contributed by atoms with van der Waals surface area (Å²) in [5, 5.41) is 2.52. The first-order chi connectivity index (χ1) is 7.38. The highest BCUT2D eigenvalue weighted by Gasteiger charge is 2.25. The Labute approximate surface area is 90.4 Å². The zero-order valence-corrected chi connectivity index (χ0v) is 8.44. The molecule has 2 nitrogen and oxygen atoms in total. The number of halogens is 4. The molecule has 90 valence electrons. The van der Waals surface area contributed by atoms with Crippen molar-refractivity contribution in [3.8, 4) is 0 Å². The maximum absolute atomic E-state index is 13.2. The lowest BCUT2D eigenvalue weighted by molar-refractivity contribution is -0.133. The first-order valence-corrected chi connectivity index (χ1v) is 4.70. The second-order valence-corrected chi connectivity index (χ2v) is 3.39. The van der Waals surface area contributed by atoms with E-state index in [1.54, 1.807) is 0 Å². The van der Waals surface area contributed by atoms with Crippen molar-refractivity contribution < 1.29 is 17.6 Å². The van der Waals surface area contributed by atoms with Gasteiger partial charge in [0.2, 0.25) is 0 Å². The molecule has 1 aromatic rings. The van der Waals surface area contributed by atoms with Crippen LogP contribution in [0.25, 0.3) is 0 Å². The molecular formula is C10H12F4N2. The summed E-state index contributed by atoms with van der Waals surface area (Å²) < 4.78 is 48.5. The number of nitrogens with one attached hydrogen (secondary N) is 1. The average Bonchev–Trinajstić information content (AvgIpc) is 2.13. The van der Waals surface area contributed by atoms with Crippen molar-refractivity contribution in [3.05, 3.63) is 29.6 Å². The number of alkyl halides is 3. The first-order valence-electron chi connectivity index (χ1n) is 4.70. The molecule has 0 spiro atoms. The molecule has 0 saturated heterocycles. The van der Waals surface area contributed by atoms with Gasteiger partial charge >= 0.3 is 6.18 Å². The Balaban J connectivity index is 2.38. The van der Waals surface area contributed by atoms with E-state index in [0.29, 0.717) is 5.56 Å². The molecule has 3 N–H and O–H groups in total. The van der Waals surface area contributed by atoms with Crippen LogP contribution in [0.3, 0.4) is 0 Å². The quantitative estimate of drug-likeness (QED) is 0.478. The SMILES string of the molecule is Nc1ccc(CNCCC(F)(F)F)c(F)c1. The van der Waals surface area contributed by atoms with E-state index in [4.69, 9.17) is 5.73 Å². The Morgan fingerprint density at radius 2 is 1.94 bits per heavy atom. The molecule has 0 heterocycles. The zero-order valence-electron chi connectivity index (χ0n) is 8.44. The first kappa shape index (κ1) is 12.8. The fraction of sp³-hybridized carbons (Fsp3) is 0.400. The maximum atomic E-state index is 13.2. The van der Waals surface area contributed by atoms with Gasteiger partial charge in [0.1, 0.15) is 5.82 Å². The summed E-state index contributed by atoms with van der Waals surface area (Å²) in [7, 11) is 0. The molecule has 0 aromatic heterocycles. The predicted molar refractivity (Wildman–Crippen MR) is 53.2 cm³/mol. The number of anilines is 1. The molecule has 0 aliphatic heterocycles. The van der Waals surface area contributed by atoms with E-state index < -0.39 is 18.4 Å². The molecule has 16 heavy (non-hydrogen) atoms. The van der Waals surface area contributed by atoms with Gasteiger partial charge in [-0.2, -0.15) is 13.2 Å². The van der Waals surface area contributed by atoms with Gasteiger partial charge < -0.3 is 11.1 Å². The number of hydrogen-bond donors (Lipinski definition) is 2. The highest BCUT2D eigenvalue weighted by Crippen LogP contribution is 2.18. The lowest BCUT2D eigenvalue weighted by Gasteiger charge is -2.08. The topological polar surface area (TPSA) is 38.0 Å². The molecule has 6 heteroatoms. The van der Waals surface area contributed by atoms with Crippen LogP contribution in [-0.4, -0.2) is 12.7 Å². The smallest absolute Gasteiger partial charge is 0.390 e. The fourth-order valence-electron chi connectivity index (χ4n) is 1.16. The molecule has 0 aliphatic rings. The number of hydrogen-bond acceptors (Lipinski definition) is 2. The van der Waals surface area contributed by atoms with E-state index in [0.717, 1.165) is 6.07 Å². The van der Waals surface area contributed by atoms with Gasteiger partial charge in [0, 0.05) is 24.3 Å². The van der Waals surface area contributed by atoms with Crippen molar-refractivity contribution in [2.24, 2.45) is 0 Å². The molecule has 0 atom stereocenters. The number of nitrogens with two attached hydrogens (primary N) is 1. The van der Waals surface area contributed by atoms with E-state index in [1.165, 1.54) is 12.1 Å². The average molecular weight is 236 g/mol. The lowest BCUT2D eigenvalue weighted by atomic mass is 10.2. The molecular weight excluding hydrogens is 224 g/mol. The van der Waals surface area contributed by atoms with Crippen molar-refractivity contribution >= 4 is 5.69 Å². The Hall–Kier alpha value is -1.30. The summed E-state index contributed by atoms with van der Waals surface area (Å²) in [5.74, 6) is -0.514. The summed E-state index contributed by atoms with van der Waals surface area (Å²) in [6, 6.07) is 4.09. The third kappa shape index (κ3) is 4.48. The van der Waals surface area contributed by atoms with Gasteiger partial charge in [-0.05, 0) is 12.1 Å². The van der Waals surface area contributed by atoms with Crippen LogP contribution in [0.4, 0.5) is 23.2 Å². The van der Waals surface area contributed by atoms with E-state index in [1.807, 2.05) is 0 Å². The van der Waals surface area contributed by atoms with Gasteiger partial charge in [-0.15, -0.1) is 0 Å². The van der Waals surface area contributed by atoms with Gasteiger partial charge in [-0.25, -0.2) is 4.39 Å². The number of benzene rings is 1. The Bertz CT molecular complexity index is 349. The summed E-state index contributed by atoms with van der Waals surface area (Å²) in [6.45, 7) is -0.171. The molecule has 0 amide bonds. The Morgan fingerprint density at radius 3 is 2.50 bits per heavy atom. The fourth-order valence-corrected chi connectivity index (χ4v) is 1.16. The van der Waals surface area contributed by atoms with Gasteiger partial charge in [-0.3, -0.25) is 0 Å². The standard InChI is InChI=1S/C10H12F4N2/c11-9-5-8(15)2-1-7(9)6-16-4-3-10(12,13)14/h1-2,5,16H,3-4,6,15H2. The van der Waals surface area contributed by atoms with Crippen molar-refractivity contribution in [1.29, 1.82) is 0 Å². The van der Waals surface area contributed by atoms with Crippen molar-refractivity contribution in [3.63, 3.8) is 0 Å². The maximum Gasteiger partial charge on any atom is 0.390 e. The van der Waals surface area contributed by atoms with E-state index in [-0.39, 0.29) is 18.8 Å². The van der Waals surface area contributed by atoms with E-state index in [2.05, 4.69) is 5.32 Å². The molecule has 0 unspecified atom stereocenters. The van der Waals surface area contributed by atoms with E-state index >= 15 is 0 Å². The Morgan fingerprint density at radius 1 is 1.25 bits per heavy atom. The van der Waals surface area contributed by atoms with E-state index in [9.17, 15) is 17.6 Å². The normalized spacial score (nSPS) is 11.8. The second kappa shape index (κ2) is 5.16. The van der Waals surface area contributed by atoms with Crippen molar-refractivity contribution in [1.82, 2.24) is 5.32 Å². The van der Waals surface area contributed by atoms with Crippen LogP contribution in [0.1, 0.15) is 12.0 Å². The van der Waals surface area contributed by atoms with Gasteiger partial charge in [0.05, 0.1) is 6.42 Å². The Kier molecular flexibility index (Phi) is 4.12. The summed E-state index contributed by atoms with van der Waals surface area (Å²) in [4.78, 5) is 0. The van der Waals surface area contributed by atoms with Crippen LogP contribution in [0, 0.1) is 5.82 Å². The minimum Gasteiger partial charge on any atom is -0.399 e. The van der Waals surface area contributed by atoms with Crippen LogP contribution >= 0.6 is 0 Å². The van der Waals surface area contributed by atoms with Crippen molar-refractivity contribution in [2.75, 3.05) is 12.3 Å². The van der Waals surface area contributed by atoms with Crippen LogP contribution in [0.5, 0.6) is 0 Å². The molecule has 0 bridgehead atoms. The molecule has 0 fully saturated rings. The van der Waals surface area contributed by atoms with Crippen LogP contribution in [0.15, 0.2) is 18.2 Å². The second-order valence-electron chi connectivity index (χ2n) is 3.39. The molecule has 0 radical (unpaired) electrons. The van der Waals surface area contributed by atoms with Crippen LogP contribution < -0.4 is 11.1 Å². The monoisotopic (exact) mass is 236 g/mol. The minimum atomic E-state index is -4.19. The third-order valence-corrected chi connectivity index (χ3v) is 1.98. The van der Waals surface area contributed by atoms with Crippen LogP contribution in [0.2, 0.25) is 0 Å².